The van der Waals surface area contributed by atoms with Crippen LogP contribution < -0.4 is 5.32 Å². The maximum absolute atomic E-state index is 12.9. The third-order valence-electron chi connectivity index (χ3n) is 5.59. The summed E-state index contributed by atoms with van der Waals surface area (Å²) in [4.78, 5) is 12.8. The molecule has 1 aromatic rings. The largest absolute Gasteiger partial charge is 0.324 e. The molecular weight excluding hydrogens is 305 g/mol. The number of benzene rings is 1. The van der Waals surface area contributed by atoms with Crippen molar-refractivity contribution in [1.82, 2.24) is 0 Å². The Morgan fingerprint density at radius 3 is 2.43 bits per heavy atom. The summed E-state index contributed by atoms with van der Waals surface area (Å²) < 4.78 is 0. The van der Waals surface area contributed by atoms with Gasteiger partial charge in [-0.2, -0.15) is 0 Å². The van der Waals surface area contributed by atoms with Crippen molar-refractivity contribution in [3.63, 3.8) is 0 Å². The van der Waals surface area contributed by atoms with E-state index in [2.05, 4.69) is 5.32 Å². The van der Waals surface area contributed by atoms with Crippen molar-refractivity contribution >= 4 is 34.8 Å². The van der Waals surface area contributed by atoms with Crippen LogP contribution in [0.2, 0.25) is 5.02 Å². The van der Waals surface area contributed by atoms with Crippen LogP contribution in [0.3, 0.4) is 0 Å². The van der Waals surface area contributed by atoms with Crippen LogP contribution in [0.25, 0.3) is 0 Å². The van der Waals surface area contributed by atoms with E-state index < -0.39 is 0 Å². The van der Waals surface area contributed by atoms with Gasteiger partial charge in [-0.05, 0) is 62.5 Å². The molecule has 4 fully saturated rings. The van der Waals surface area contributed by atoms with Gasteiger partial charge in [0.2, 0.25) is 5.91 Å². The van der Waals surface area contributed by atoms with Crippen LogP contribution in [0.4, 0.5) is 5.69 Å². The number of para-hydroxylation sites is 1. The fourth-order valence-electron chi connectivity index (χ4n) is 5.23. The number of carbonyl (C=O) groups excluding carboxylic acids is 1. The van der Waals surface area contributed by atoms with E-state index in [0.29, 0.717) is 22.5 Å². The second-order valence-electron chi connectivity index (χ2n) is 7.33. The Kier molecular flexibility index (Phi) is 3.07. The van der Waals surface area contributed by atoms with Gasteiger partial charge in [0.25, 0.3) is 0 Å². The van der Waals surface area contributed by atoms with Gasteiger partial charge in [0.1, 0.15) is 0 Å². The Hall–Kier alpha value is -0.730. The van der Waals surface area contributed by atoms with E-state index in [1.807, 2.05) is 18.2 Å². The normalized spacial score (nSPS) is 40.3. The van der Waals surface area contributed by atoms with Gasteiger partial charge in [-0.3, -0.25) is 4.79 Å². The van der Waals surface area contributed by atoms with Gasteiger partial charge < -0.3 is 5.32 Å². The van der Waals surface area contributed by atoms with Crippen molar-refractivity contribution in [3.8, 4) is 0 Å². The van der Waals surface area contributed by atoms with E-state index in [-0.39, 0.29) is 16.2 Å². The third-order valence-corrected chi connectivity index (χ3v) is 6.37. The molecule has 0 saturated heterocycles. The quantitative estimate of drug-likeness (QED) is 0.774. The zero-order valence-corrected chi connectivity index (χ0v) is 13.4. The molecule has 1 amide bonds. The predicted molar refractivity (Wildman–Crippen MR) is 85.8 cm³/mol. The number of nitrogens with one attached hydrogen (secondary N) is 1. The molecule has 0 aromatic heterocycles. The number of halogens is 2. The van der Waals surface area contributed by atoms with Gasteiger partial charge in [-0.15, -0.1) is 11.6 Å². The Balaban J connectivity index is 1.61. The van der Waals surface area contributed by atoms with Crippen molar-refractivity contribution in [2.24, 2.45) is 17.3 Å². The average Bonchev–Trinajstić information content (AvgIpc) is 2.38. The third kappa shape index (κ3) is 2.27. The van der Waals surface area contributed by atoms with Crippen LogP contribution in [0.15, 0.2) is 24.3 Å². The molecule has 4 aliphatic carbocycles. The topological polar surface area (TPSA) is 29.1 Å². The first-order valence-corrected chi connectivity index (χ1v) is 8.49. The molecule has 0 heterocycles. The summed E-state index contributed by atoms with van der Waals surface area (Å²) in [6, 6.07) is 7.43. The number of amides is 1. The zero-order chi connectivity index (χ0) is 14.7. The van der Waals surface area contributed by atoms with E-state index in [0.717, 1.165) is 32.1 Å². The summed E-state index contributed by atoms with van der Waals surface area (Å²) in [6.45, 7) is 0. The number of carbonyl (C=O) groups is 1. The van der Waals surface area contributed by atoms with E-state index in [4.69, 9.17) is 23.2 Å². The molecule has 0 radical (unpaired) electrons. The van der Waals surface area contributed by atoms with E-state index >= 15 is 0 Å². The molecular formula is C17H19Cl2NO. The highest BCUT2D eigenvalue weighted by Gasteiger charge is 2.60. The highest BCUT2D eigenvalue weighted by Crippen LogP contribution is 2.64. The Morgan fingerprint density at radius 2 is 1.81 bits per heavy atom. The lowest BCUT2D eigenvalue weighted by molar-refractivity contribution is -0.138. The van der Waals surface area contributed by atoms with E-state index in [1.165, 1.54) is 6.42 Å². The fraction of sp³-hybridized carbons (Fsp3) is 0.588. The van der Waals surface area contributed by atoms with E-state index in [1.54, 1.807) is 6.07 Å². The van der Waals surface area contributed by atoms with Crippen LogP contribution in [0.1, 0.15) is 38.5 Å². The van der Waals surface area contributed by atoms with Crippen LogP contribution in [-0.2, 0) is 4.79 Å². The second-order valence-corrected chi connectivity index (χ2v) is 8.54. The molecule has 0 spiro atoms. The molecule has 4 heteroatoms. The summed E-state index contributed by atoms with van der Waals surface area (Å²) in [5.41, 5.74) is 0.439. The van der Waals surface area contributed by atoms with Gasteiger partial charge in [-0.25, -0.2) is 0 Å². The van der Waals surface area contributed by atoms with Crippen molar-refractivity contribution in [2.45, 2.75) is 43.4 Å². The lowest BCUT2D eigenvalue weighted by atomic mass is 9.49. The van der Waals surface area contributed by atoms with Crippen molar-refractivity contribution in [2.75, 3.05) is 5.32 Å². The van der Waals surface area contributed by atoms with Gasteiger partial charge in [0, 0.05) is 4.87 Å². The van der Waals surface area contributed by atoms with Crippen molar-refractivity contribution in [1.29, 1.82) is 0 Å². The van der Waals surface area contributed by atoms with Crippen LogP contribution >= 0.6 is 23.2 Å². The number of hydrogen-bond acceptors (Lipinski definition) is 1. The van der Waals surface area contributed by atoms with Gasteiger partial charge in [0.15, 0.2) is 0 Å². The number of hydrogen-bond donors (Lipinski definition) is 1. The minimum Gasteiger partial charge on any atom is -0.324 e. The maximum Gasteiger partial charge on any atom is 0.230 e. The molecule has 4 bridgehead atoms. The average molecular weight is 324 g/mol. The highest BCUT2D eigenvalue weighted by molar-refractivity contribution is 6.33. The van der Waals surface area contributed by atoms with Crippen molar-refractivity contribution < 1.29 is 4.79 Å². The molecule has 4 atom stereocenters. The first kappa shape index (κ1) is 13.9. The lowest BCUT2D eigenvalue weighted by Gasteiger charge is -2.59. The molecule has 4 aliphatic rings. The summed E-state index contributed by atoms with van der Waals surface area (Å²) in [5.74, 6) is 1.37. The smallest absolute Gasteiger partial charge is 0.230 e. The van der Waals surface area contributed by atoms with Gasteiger partial charge >= 0.3 is 0 Å². The van der Waals surface area contributed by atoms with E-state index in [9.17, 15) is 4.79 Å². The number of anilines is 1. The Labute approximate surface area is 135 Å². The van der Waals surface area contributed by atoms with Gasteiger partial charge in [-0.1, -0.05) is 23.7 Å². The number of alkyl halides is 1. The molecule has 2 nitrogen and oxygen atoms in total. The first-order chi connectivity index (χ1) is 9.98. The minimum atomic E-state index is -0.273. The lowest BCUT2D eigenvalue weighted by Crippen LogP contribution is -2.57. The summed E-state index contributed by atoms with van der Waals surface area (Å²) in [5, 5.41) is 3.65. The van der Waals surface area contributed by atoms with Crippen molar-refractivity contribution in [3.05, 3.63) is 29.3 Å². The van der Waals surface area contributed by atoms with Crippen LogP contribution in [0.5, 0.6) is 0 Å². The Morgan fingerprint density at radius 1 is 1.14 bits per heavy atom. The molecule has 5 rings (SSSR count). The maximum atomic E-state index is 12.9. The Bertz CT molecular complexity index is 586. The second kappa shape index (κ2) is 4.63. The van der Waals surface area contributed by atoms with Gasteiger partial charge in [0.05, 0.1) is 16.1 Å². The monoisotopic (exact) mass is 323 g/mol. The molecule has 1 N–H and O–H groups in total. The first-order valence-electron chi connectivity index (χ1n) is 7.73. The predicted octanol–water partition coefficient (Wildman–Crippen LogP) is 4.86. The number of rotatable bonds is 2. The standard InChI is InChI=1S/C17H19Cl2NO/c18-13-3-1-2-4-14(13)20-15(21)16-6-11-5-12(7-16)9-17(19,8-11)10-16/h1-4,11-12H,5-10H2,(H,20,21)/t11-,12+,16?,17?. The highest BCUT2D eigenvalue weighted by atomic mass is 35.5. The molecule has 2 unspecified atom stereocenters. The molecule has 4 saturated carbocycles. The summed E-state index contributed by atoms with van der Waals surface area (Å²) in [6.07, 6.45) is 6.25. The molecule has 0 aliphatic heterocycles. The summed E-state index contributed by atoms with van der Waals surface area (Å²) in [7, 11) is 0. The molecule has 21 heavy (non-hydrogen) atoms. The molecule has 112 valence electrons. The molecule has 1 aromatic carbocycles. The minimum absolute atomic E-state index is 0.120. The SMILES string of the molecule is O=C(Nc1ccccc1Cl)C12C[C@@H]3C[C@@H](CC(Cl)(C3)C1)C2. The van der Waals surface area contributed by atoms with Crippen LogP contribution in [0, 0.1) is 17.3 Å². The fourth-order valence-corrected chi connectivity index (χ4v) is 6.11. The van der Waals surface area contributed by atoms with Crippen LogP contribution in [-0.4, -0.2) is 10.8 Å². The summed E-state index contributed by atoms with van der Waals surface area (Å²) >= 11 is 13.0. The zero-order valence-electron chi connectivity index (χ0n) is 11.9.